The quantitative estimate of drug-likeness (QED) is 0.221. The van der Waals surface area contributed by atoms with E-state index in [-0.39, 0.29) is 5.25 Å². The van der Waals surface area contributed by atoms with Gasteiger partial charge in [0.25, 0.3) is 0 Å². The van der Waals surface area contributed by atoms with Gasteiger partial charge in [-0.15, -0.1) is 11.8 Å². The zero-order chi connectivity index (χ0) is 18.6. The lowest BCUT2D eigenvalue weighted by molar-refractivity contribution is -0.136. The van der Waals surface area contributed by atoms with E-state index in [1.165, 1.54) is 96.3 Å². The maximum atomic E-state index is 11.4. The zero-order valence-corrected chi connectivity index (χ0v) is 17.9. The summed E-state index contributed by atoms with van der Waals surface area (Å²) in [6.07, 6.45) is 21.7. The summed E-state index contributed by atoms with van der Waals surface area (Å²) in [4.78, 5) is 11.4. The van der Waals surface area contributed by atoms with Crippen molar-refractivity contribution in [1.82, 2.24) is 0 Å². The first kappa shape index (κ1) is 24.8. The largest absolute Gasteiger partial charge is 0.480 e. The zero-order valence-electron chi connectivity index (χ0n) is 17.1. The molecule has 0 aliphatic heterocycles. The van der Waals surface area contributed by atoms with Gasteiger partial charge in [-0.2, -0.15) is 0 Å². The summed E-state index contributed by atoms with van der Waals surface area (Å²) in [6.45, 7) is 4.50. The van der Waals surface area contributed by atoms with E-state index in [4.69, 9.17) is 0 Å². The summed E-state index contributed by atoms with van der Waals surface area (Å²) < 4.78 is 0. The molecule has 1 N–H and O–H groups in total. The molecule has 0 aromatic heterocycles. The predicted molar refractivity (Wildman–Crippen MR) is 114 cm³/mol. The summed E-state index contributed by atoms with van der Waals surface area (Å²) >= 11 is 1.68. The predicted octanol–water partition coefficient (Wildman–Crippen LogP) is 7.84. The maximum Gasteiger partial charge on any atom is 0.316 e. The van der Waals surface area contributed by atoms with Crippen molar-refractivity contribution >= 4 is 17.7 Å². The number of thioether (sulfide) groups is 1. The minimum Gasteiger partial charge on any atom is -0.480 e. The van der Waals surface area contributed by atoms with E-state index in [1.54, 1.807) is 11.8 Å². The second-order valence-electron chi connectivity index (χ2n) is 7.44. The Bertz CT molecular complexity index is 281. The molecule has 0 aromatic rings. The number of carboxylic acid groups (broad SMARTS) is 1. The first-order valence-electron chi connectivity index (χ1n) is 11.1. The summed E-state index contributed by atoms with van der Waals surface area (Å²) in [6, 6.07) is 0. The molecule has 150 valence electrons. The fourth-order valence-electron chi connectivity index (χ4n) is 3.20. The summed E-state index contributed by atoms with van der Waals surface area (Å²) in [5.74, 6) is 0.412. The van der Waals surface area contributed by atoms with Crippen LogP contribution in [0, 0.1) is 0 Å². The fourth-order valence-corrected chi connectivity index (χ4v) is 4.33. The monoisotopic (exact) mass is 372 g/mol. The highest BCUT2D eigenvalue weighted by Crippen LogP contribution is 2.21. The van der Waals surface area contributed by atoms with E-state index >= 15 is 0 Å². The molecule has 0 saturated heterocycles. The average Bonchev–Trinajstić information content (AvgIpc) is 2.60. The lowest BCUT2D eigenvalue weighted by Gasteiger charge is -2.12. The van der Waals surface area contributed by atoms with Crippen LogP contribution in [0.2, 0.25) is 0 Å². The first-order chi connectivity index (χ1) is 12.2. The lowest BCUT2D eigenvalue weighted by atomic mass is 10.1. The molecule has 3 heteroatoms. The van der Waals surface area contributed by atoms with Gasteiger partial charge in [0.05, 0.1) is 0 Å². The summed E-state index contributed by atoms with van der Waals surface area (Å²) in [5, 5.41) is 9.19. The number of rotatable bonds is 20. The SMILES string of the molecule is CCCCCCCCCCCSC(CCCCCCCCC)C(=O)O. The Morgan fingerprint density at radius 3 is 1.52 bits per heavy atom. The van der Waals surface area contributed by atoms with Crippen LogP contribution in [0.15, 0.2) is 0 Å². The average molecular weight is 373 g/mol. The number of unbranched alkanes of at least 4 members (excludes halogenated alkanes) is 14. The highest BCUT2D eigenvalue weighted by molar-refractivity contribution is 8.00. The molecule has 2 nitrogen and oxygen atoms in total. The van der Waals surface area contributed by atoms with Crippen molar-refractivity contribution < 1.29 is 9.90 Å². The van der Waals surface area contributed by atoms with Gasteiger partial charge in [0, 0.05) is 0 Å². The van der Waals surface area contributed by atoms with Gasteiger partial charge < -0.3 is 5.11 Å². The Kier molecular flexibility index (Phi) is 20.0. The Balaban J connectivity index is 3.46. The molecule has 1 unspecified atom stereocenters. The highest BCUT2D eigenvalue weighted by Gasteiger charge is 2.16. The van der Waals surface area contributed by atoms with Crippen molar-refractivity contribution in [1.29, 1.82) is 0 Å². The fraction of sp³-hybridized carbons (Fsp3) is 0.955. The molecular weight excluding hydrogens is 328 g/mol. The molecule has 0 radical (unpaired) electrons. The van der Waals surface area contributed by atoms with Crippen molar-refractivity contribution in [2.45, 2.75) is 128 Å². The second kappa shape index (κ2) is 20.1. The van der Waals surface area contributed by atoms with Crippen LogP contribution in [0.1, 0.15) is 123 Å². The smallest absolute Gasteiger partial charge is 0.316 e. The molecule has 0 aliphatic rings. The Morgan fingerprint density at radius 1 is 0.680 bits per heavy atom. The van der Waals surface area contributed by atoms with Crippen LogP contribution in [0.25, 0.3) is 0 Å². The molecule has 0 amide bonds. The maximum absolute atomic E-state index is 11.4. The standard InChI is InChI=1S/C22H44O2S/c1-3-5-7-9-11-12-14-16-18-20-25-21(22(23)24)19-17-15-13-10-8-6-4-2/h21H,3-20H2,1-2H3,(H,23,24). The summed E-state index contributed by atoms with van der Waals surface area (Å²) in [7, 11) is 0. The molecule has 0 aliphatic carbocycles. The number of hydrogen-bond donors (Lipinski definition) is 1. The lowest BCUT2D eigenvalue weighted by Crippen LogP contribution is -2.16. The van der Waals surface area contributed by atoms with Crippen molar-refractivity contribution in [3.05, 3.63) is 0 Å². The van der Waals surface area contributed by atoms with Gasteiger partial charge in [-0.3, -0.25) is 4.79 Å². The van der Waals surface area contributed by atoms with Crippen molar-refractivity contribution in [2.75, 3.05) is 5.75 Å². The molecule has 0 fully saturated rings. The van der Waals surface area contributed by atoms with Gasteiger partial charge in [-0.05, 0) is 18.6 Å². The topological polar surface area (TPSA) is 37.3 Å². The van der Waals surface area contributed by atoms with Gasteiger partial charge in [-0.25, -0.2) is 0 Å². The molecule has 25 heavy (non-hydrogen) atoms. The Morgan fingerprint density at radius 2 is 1.08 bits per heavy atom. The third-order valence-electron chi connectivity index (χ3n) is 4.91. The third-order valence-corrected chi connectivity index (χ3v) is 6.28. The number of carbonyl (C=O) groups is 1. The number of hydrogen-bond acceptors (Lipinski definition) is 2. The Hall–Kier alpha value is -0.180. The minimum absolute atomic E-state index is 0.176. The molecule has 1 atom stereocenters. The van der Waals surface area contributed by atoms with E-state index < -0.39 is 5.97 Å². The molecule has 0 rings (SSSR count). The minimum atomic E-state index is -0.605. The van der Waals surface area contributed by atoms with E-state index in [2.05, 4.69) is 13.8 Å². The van der Waals surface area contributed by atoms with Crippen LogP contribution < -0.4 is 0 Å². The van der Waals surface area contributed by atoms with Gasteiger partial charge >= 0.3 is 5.97 Å². The molecule has 0 spiro atoms. The van der Waals surface area contributed by atoms with Gasteiger partial charge in [0.15, 0.2) is 0 Å². The molecule has 0 heterocycles. The first-order valence-corrected chi connectivity index (χ1v) is 12.1. The van der Waals surface area contributed by atoms with Crippen LogP contribution in [-0.4, -0.2) is 22.1 Å². The highest BCUT2D eigenvalue weighted by atomic mass is 32.2. The van der Waals surface area contributed by atoms with E-state index in [1.807, 2.05) is 0 Å². The molecule has 0 bridgehead atoms. The van der Waals surface area contributed by atoms with Crippen LogP contribution in [0.4, 0.5) is 0 Å². The van der Waals surface area contributed by atoms with Gasteiger partial charge in [0.2, 0.25) is 0 Å². The normalized spacial score (nSPS) is 12.4. The van der Waals surface area contributed by atoms with Crippen molar-refractivity contribution in [2.24, 2.45) is 0 Å². The second-order valence-corrected chi connectivity index (χ2v) is 8.75. The molecular formula is C22H44O2S. The van der Waals surface area contributed by atoms with E-state index in [9.17, 15) is 9.90 Å². The molecule has 0 saturated carbocycles. The van der Waals surface area contributed by atoms with Gasteiger partial charge in [-0.1, -0.05) is 110 Å². The van der Waals surface area contributed by atoms with Gasteiger partial charge in [0.1, 0.15) is 5.25 Å². The number of aliphatic carboxylic acids is 1. The van der Waals surface area contributed by atoms with Crippen molar-refractivity contribution in [3.8, 4) is 0 Å². The van der Waals surface area contributed by atoms with E-state index in [0.717, 1.165) is 18.6 Å². The third kappa shape index (κ3) is 18.4. The molecule has 0 aromatic carbocycles. The number of carboxylic acids is 1. The van der Waals surface area contributed by atoms with Crippen LogP contribution in [-0.2, 0) is 4.79 Å². The summed E-state index contributed by atoms with van der Waals surface area (Å²) in [5.41, 5.74) is 0. The Labute approximate surface area is 161 Å². The van der Waals surface area contributed by atoms with E-state index in [0.29, 0.717) is 0 Å². The van der Waals surface area contributed by atoms with Crippen LogP contribution >= 0.6 is 11.8 Å². The van der Waals surface area contributed by atoms with Crippen LogP contribution in [0.5, 0.6) is 0 Å². The van der Waals surface area contributed by atoms with Crippen molar-refractivity contribution in [3.63, 3.8) is 0 Å². The van der Waals surface area contributed by atoms with Crippen LogP contribution in [0.3, 0.4) is 0 Å².